The Bertz CT molecular complexity index is 2750. The van der Waals surface area contributed by atoms with E-state index in [4.69, 9.17) is 4.74 Å². The van der Waals surface area contributed by atoms with Crippen LogP contribution in [0.4, 0.5) is 17.1 Å². The lowest BCUT2D eigenvalue weighted by Crippen LogP contribution is -2.37. The van der Waals surface area contributed by atoms with E-state index in [9.17, 15) is 55.6 Å². The summed E-state index contributed by atoms with van der Waals surface area (Å²) < 4.78 is 94.0. The standard InChI is InChI=1S/C43H47N7O13S3/c51-48(52)38-12-1-4-15-41(38)64(57,58)45-25-9-29-63-30-10-26-46(65(59,60)42-16-5-2-13-39(42)49(53)54)28-23-35(22-27-45)31-34-18-20-36(21-19-34)32-47(33-37-11-7-8-24-44-37)66(61,62)43-17-6-3-14-40(43)50(55)56/h1-8,11-21,24,35H,9-10,22-23,25-33H2. The average molecular weight is 966 g/mol. The fraction of sp³-hybridized carbons (Fsp3) is 0.326. The van der Waals surface area contributed by atoms with Gasteiger partial charge in [-0.1, -0.05) is 66.7 Å². The first-order chi connectivity index (χ1) is 31.5. The van der Waals surface area contributed by atoms with Gasteiger partial charge in [0.25, 0.3) is 27.1 Å². The lowest BCUT2D eigenvalue weighted by atomic mass is 9.92. The molecule has 4 aromatic carbocycles. The van der Waals surface area contributed by atoms with Gasteiger partial charge < -0.3 is 4.74 Å². The molecule has 5 aromatic rings. The first kappa shape index (κ1) is 49.4. The Morgan fingerprint density at radius 1 is 0.561 bits per heavy atom. The van der Waals surface area contributed by atoms with Gasteiger partial charge in [-0.2, -0.15) is 12.9 Å². The number of hydrogen-bond acceptors (Lipinski definition) is 14. The molecule has 0 saturated carbocycles. The largest absolute Gasteiger partial charge is 0.381 e. The second kappa shape index (κ2) is 21.9. The molecule has 1 aliphatic heterocycles. The second-order valence-corrected chi connectivity index (χ2v) is 21.1. The number of hydrogen-bond donors (Lipinski definition) is 0. The van der Waals surface area contributed by atoms with E-state index in [1.807, 2.05) is 0 Å². The Morgan fingerprint density at radius 2 is 1.00 bits per heavy atom. The van der Waals surface area contributed by atoms with Crippen molar-refractivity contribution in [3.63, 3.8) is 0 Å². The maximum atomic E-state index is 14.2. The van der Waals surface area contributed by atoms with Gasteiger partial charge in [-0.25, -0.2) is 25.3 Å². The fourth-order valence-corrected chi connectivity index (χ4v) is 12.5. The molecule has 0 aliphatic carbocycles. The summed E-state index contributed by atoms with van der Waals surface area (Å²) in [6.07, 6.45) is 2.53. The lowest BCUT2D eigenvalue weighted by Gasteiger charge is -2.28. The van der Waals surface area contributed by atoms with Crippen LogP contribution in [0.15, 0.2) is 136 Å². The number of benzene rings is 4. The Hall–Kier alpha value is -6.08. The van der Waals surface area contributed by atoms with Gasteiger partial charge in [0.1, 0.15) is 0 Å². The minimum Gasteiger partial charge on any atom is -0.381 e. The zero-order valence-corrected chi connectivity index (χ0v) is 37.9. The number of nitro groups is 3. The van der Waals surface area contributed by atoms with Crippen LogP contribution in [0.3, 0.4) is 0 Å². The summed E-state index contributed by atoms with van der Waals surface area (Å²) in [7, 11) is -13.3. The highest BCUT2D eigenvalue weighted by Gasteiger charge is 2.35. The van der Waals surface area contributed by atoms with E-state index in [-0.39, 0.29) is 84.6 Å². The van der Waals surface area contributed by atoms with Crippen LogP contribution in [0.2, 0.25) is 0 Å². The molecule has 23 heteroatoms. The predicted octanol–water partition coefficient (Wildman–Crippen LogP) is 6.33. The third-order valence-corrected chi connectivity index (χ3v) is 16.7. The van der Waals surface area contributed by atoms with Gasteiger partial charge in [-0.15, -0.1) is 0 Å². The van der Waals surface area contributed by atoms with Crippen molar-refractivity contribution in [1.82, 2.24) is 17.9 Å². The number of sulfonamides is 3. The number of nitro benzene ring substituents is 3. The molecule has 0 amide bonds. The molecule has 1 aliphatic rings. The third-order valence-electron chi connectivity index (χ3n) is 11.0. The first-order valence-corrected chi connectivity index (χ1v) is 25.1. The summed E-state index contributed by atoms with van der Waals surface area (Å²) in [5, 5.41) is 35.7. The molecule has 1 aromatic heterocycles. The quantitative estimate of drug-likeness (QED) is 0.0820. The van der Waals surface area contributed by atoms with Crippen LogP contribution < -0.4 is 0 Å². The van der Waals surface area contributed by atoms with Crippen LogP contribution in [0.5, 0.6) is 0 Å². The zero-order chi connectivity index (χ0) is 47.5. The minimum atomic E-state index is -4.46. The van der Waals surface area contributed by atoms with Crippen LogP contribution in [0, 0.1) is 36.3 Å². The summed E-state index contributed by atoms with van der Waals surface area (Å²) in [6, 6.07) is 27.0. The molecule has 2 heterocycles. The number of pyridine rings is 1. The van der Waals surface area contributed by atoms with E-state index < -0.39 is 82.5 Å². The van der Waals surface area contributed by atoms with Crippen molar-refractivity contribution in [3.8, 4) is 0 Å². The predicted molar refractivity (Wildman–Crippen MR) is 240 cm³/mol. The molecule has 0 N–H and O–H groups in total. The number of ether oxygens (including phenoxy) is 1. The number of aromatic nitrogens is 1. The highest BCUT2D eigenvalue weighted by Crippen LogP contribution is 2.32. The second-order valence-electron chi connectivity index (χ2n) is 15.4. The molecule has 20 nitrogen and oxygen atoms in total. The molecular weight excluding hydrogens is 919 g/mol. The van der Waals surface area contributed by atoms with Crippen molar-refractivity contribution in [2.24, 2.45) is 5.92 Å². The normalized spacial score (nSPS) is 15.8. The van der Waals surface area contributed by atoms with E-state index in [2.05, 4.69) is 4.98 Å². The van der Waals surface area contributed by atoms with Gasteiger partial charge >= 0.3 is 0 Å². The molecular formula is C43H47N7O13S3. The van der Waals surface area contributed by atoms with Crippen molar-refractivity contribution in [2.45, 2.75) is 59.9 Å². The Labute approximate surface area is 382 Å². The van der Waals surface area contributed by atoms with E-state index in [0.717, 1.165) is 36.7 Å². The summed E-state index contributed by atoms with van der Waals surface area (Å²) in [5.74, 6) is -0.429. The monoisotopic (exact) mass is 965 g/mol. The van der Waals surface area contributed by atoms with Crippen molar-refractivity contribution in [3.05, 3.63) is 169 Å². The average Bonchev–Trinajstić information content (AvgIpc) is 3.30. The van der Waals surface area contributed by atoms with Crippen molar-refractivity contribution >= 4 is 47.1 Å². The topological polar surface area (TPSA) is 264 Å². The number of nitrogens with zero attached hydrogens (tertiary/aromatic N) is 7. The molecule has 0 bridgehead atoms. The molecule has 6 rings (SSSR count). The van der Waals surface area contributed by atoms with Crippen LogP contribution >= 0.6 is 0 Å². The Kier molecular flexibility index (Phi) is 16.4. The van der Waals surface area contributed by atoms with Crippen molar-refractivity contribution < 1.29 is 44.8 Å². The summed E-state index contributed by atoms with van der Waals surface area (Å²) in [4.78, 5) is 36.3. The van der Waals surface area contributed by atoms with Crippen LogP contribution in [-0.2, 0) is 54.3 Å². The first-order valence-electron chi connectivity index (χ1n) is 20.8. The van der Waals surface area contributed by atoms with Gasteiger partial charge in [0, 0.05) is 70.3 Å². The number of para-hydroxylation sites is 3. The lowest BCUT2D eigenvalue weighted by molar-refractivity contribution is -0.388. The maximum Gasteiger partial charge on any atom is 0.289 e. The molecule has 66 heavy (non-hydrogen) atoms. The Morgan fingerprint density at radius 3 is 1.47 bits per heavy atom. The molecule has 1 saturated heterocycles. The van der Waals surface area contributed by atoms with Gasteiger partial charge in [0.15, 0.2) is 14.7 Å². The Balaban J connectivity index is 1.32. The van der Waals surface area contributed by atoms with Crippen LogP contribution in [0.1, 0.15) is 42.5 Å². The molecule has 0 radical (unpaired) electrons. The van der Waals surface area contributed by atoms with E-state index in [1.165, 1.54) is 60.8 Å². The molecule has 0 atom stereocenters. The summed E-state index contributed by atoms with van der Waals surface area (Å²) >= 11 is 0. The van der Waals surface area contributed by atoms with Gasteiger partial charge in [-0.05, 0) is 79.5 Å². The van der Waals surface area contributed by atoms with Gasteiger partial charge in [0.2, 0.25) is 20.0 Å². The van der Waals surface area contributed by atoms with Crippen LogP contribution in [0.25, 0.3) is 0 Å². The molecule has 1 fully saturated rings. The summed E-state index contributed by atoms with van der Waals surface area (Å²) in [5.41, 5.74) is -0.125. The highest BCUT2D eigenvalue weighted by atomic mass is 32.2. The van der Waals surface area contributed by atoms with Gasteiger partial charge in [0.05, 0.1) is 27.0 Å². The molecule has 0 spiro atoms. The van der Waals surface area contributed by atoms with E-state index in [0.29, 0.717) is 11.3 Å². The number of rotatable bonds is 15. The maximum absolute atomic E-state index is 14.2. The summed E-state index contributed by atoms with van der Waals surface area (Å²) in [6.45, 7) is -0.496. The molecule has 0 unspecified atom stereocenters. The van der Waals surface area contributed by atoms with Crippen molar-refractivity contribution in [1.29, 1.82) is 0 Å². The SMILES string of the molecule is O=[N+]([O-])c1ccccc1S(=O)(=O)N1CCCOCCCN(S(=O)(=O)c2ccccc2[N+](=O)[O-])CCC(Cc2ccc(CN(Cc3ccccn3)S(=O)(=O)c3ccccc3[N+](=O)[O-])cc2)CC1. The molecule has 350 valence electrons. The minimum absolute atomic E-state index is 0.0297. The van der Waals surface area contributed by atoms with E-state index >= 15 is 0 Å². The van der Waals surface area contributed by atoms with E-state index in [1.54, 1.807) is 42.5 Å². The fourth-order valence-electron chi connectivity index (χ4n) is 7.61. The third kappa shape index (κ3) is 12.0. The zero-order valence-electron chi connectivity index (χ0n) is 35.5. The highest BCUT2D eigenvalue weighted by molar-refractivity contribution is 7.89. The van der Waals surface area contributed by atoms with Gasteiger partial charge in [-0.3, -0.25) is 35.3 Å². The smallest absolute Gasteiger partial charge is 0.289 e. The van der Waals surface area contributed by atoms with Crippen molar-refractivity contribution in [2.75, 3.05) is 39.4 Å². The van der Waals surface area contributed by atoms with Crippen LogP contribution in [-0.4, -0.2) is 97.3 Å².